The van der Waals surface area contributed by atoms with E-state index in [-0.39, 0.29) is 11.1 Å². The highest BCUT2D eigenvalue weighted by Gasteiger charge is 2.10. The minimum absolute atomic E-state index is 0.177. The number of halogens is 3. The molecule has 0 amide bonds. The summed E-state index contributed by atoms with van der Waals surface area (Å²) in [5.41, 5.74) is 5.70. The van der Waals surface area contributed by atoms with E-state index >= 15 is 0 Å². The van der Waals surface area contributed by atoms with Crippen LogP contribution in [0.1, 0.15) is 24.0 Å². The van der Waals surface area contributed by atoms with Gasteiger partial charge in [0.05, 0.1) is 0 Å². The SMILES string of the molecule is NCCCCc1cc(CF)cc(F)c1F. The second-order valence-corrected chi connectivity index (χ2v) is 3.43. The molecule has 84 valence electrons. The molecule has 0 aliphatic carbocycles. The fourth-order valence-corrected chi connectivity index (χ4v) is 1.43. The average molecular weight is 217 g/mol. The summed E-state index contributed by atoms with van der Waals surface area (Å²) in [7, 11) is 0. The molecule has 0 heterocycles. The minimum atomic E-state index is -0.979. The molecule has 15 heavy (non-hydrogen) atoms. The van der Waals surface area contributed by atoms with Crippen molar-refractivity contribution in [2.24, 2.45) is 5.73 Å². The van der Waals surface area contributed by atoms with Crippen LogP contribution >= 0.6 is 0 Å². The molecule has 0 bridgehead atoms. The second kappa shape index (κ2) is 5.75. The smallest absolute Gasteiger partial charge is 0.162 e. The fourth-order valence-electron chi connectivity index (χ4n) is 1.43. The zero-order valence-electron chi connectivity index (χ0n) is 8.40. The van der Waals surface area contributed by atoms with Crippen LogP contribution < -0.4 is 5.73 Å². The summed E-state index contributed by atoms with van der Waals surface area (Å²) < 4.78 is 38.5. The Labute approximate surface area is 87.1 Å². The second-order valence-electron chi connectivity index (χ2n) is 3.43. The van der Waals surface area contributed by atoms with Gasteiger partial charge in [0, 0.05) is 0 Å². The average Bonchev–Trinajstić information content (AvgIpc) is 2.24. The van der Waals surface area contributed by atoms with Crippen LogP contribution in [-0.2, 0) is 13.1 Å². The third kappa shape index (κ3) is 3.23. The summed E-state index contributed by atoms with van der Waals surface area (Å²) in [6.45, 7) is -0.256. The Morgan fingerprint density at radius 3 is 2.47 bits per heavy atom. The predicted octanol–water partition coefficient (Wildman–Crippen LogP) is 2.72. The Bertz CT molecular complexity index is 326. The van der Waals surface area contributed by atoms with Gasteiger partial charge in [0.15, 0.2) is 11.6 Å². The van der Waals surface area contributed by atoms with Gasteiger partial charge in [-0.15, -0.1) is 0 Å². The number of hydrogen-bond donors (Lipinski definition) is 1. The van der Waals surface area contributed by atoms with Gasteiger partial charge in [0.25, 0.3) is 0 Å². The summed E-state index contributed by atoms with van der Waals surface area (Å²) in [5, 5.41) is 0. The maximum absolute atomic E-state index is 13.2. The maximum Gasteiger partial charge on any atom is 0.162 e. The summed E-state index contributed by atoms with van der Waals surface area (Å²) in [6.07, 6.45) is 1.83. The molecule has 1 nitrogen and oxygen atoms in total. The van der Waals surface area contributed by atoms with Crippen molar-refractivity contribution in [3.05, 3.63) is 34.9 Å². The Morgan fingerprint density at radius 2 is 1.87 bits per heavy atom. The van der Waals surface area contributed by atoms with Crippen molar-refractivity contribution in [2.45, 2.75) is 25.9 Å². The van der Waals surface area contributed by atoms with Gasteiger partial charge in [0.2, 0.25) is 0 Å². The van der Waals surface area contributed by atoms with Crippen LogP contribution in [0.4, 0.5) is 13.2 Å². The van der Waals surface area contributed by atoms with Crippen molar-refractivity contribution in [3.8, 4) is 0 Å². The number of alkyl halides is 1. The molecule has 1 aromatic rings. The van der Waals surface area contributed by atoms with E-state index in [1.807, 2.05) is 0 Å². The molecule has 0 saturated heterocycles. The molecule has 0 radical (unpaired) electrons. The molecule has 0 saturated carbocycles. The first kappa shape index (κ1) is 12.0. The van der Waals surface area contributed by atoms with E-state index in [1.165, 1.54) is 6.07 Å². The maximum atomic E-state index is 13.2. The van der Waals surface area contributed by atoms with Crippen LogP contribution in [0.25, 0.3) is 0 Å². The highest BCUT2D eigenvalue weighted by atomic mass is 19.2. The third-order valence-electron chi connectivity index (χ3n) is 2.22. The Kier molecular flexibility index (Phi) is 4.62. The van der Waals surface area contributed by atoms with E-state index < -0.39 is 18.3 Å². The lowest BCUT2D eigenvalue weighted by Gasteiger charge is -2.05. The predicted molar refractivity (Wildman–Crippen MR) is 53.2 cm³/mol. The lowest BCUT2D eigenvalue weighted by molar-refractivity contribution is 0.467. The molecule has 0 aliphatic rings. The molecule has 0 spiro atoms. The third-order valence-corrected chi connectivity index (χ3v) is 2.22. The van der Waals surface area contributed by atoms with Crippen molar-refractivity contribution >= 4 is 0 Å². The molecule has 0 atom stereocenters. The quantitative estimate of drug-likeness (QED) is 0.754. The first-order valence-electron chi connectivity index (χ1n) is 4.92. The van der Waals surface area contributed by atoms with Crippen molar-refractivity contribution in [3.63, 3.8) is 0 Å². The molecule has 0 aromatic heterocycles. The van der Waals surface area contributed by atoms with Gasteiger partial charge in [-0.05, 0) is 43.0 Å². The van der Waals surface area contributed by atoms with Crippen LogP contribution in [0, 0.1) is 11.6 Å². The summed E-state index contributed by atoms with van der Waals surface area (Å²) in [4.78, 5) is 0. The van der Waals surface area contributed by atoms with E-state index in [1.54, 1.807) is 0 Å². The minimum Gasteiger partial charge on any atom is -0.330 e. The van der Waals surface area contributed by atoms with Crippen LogP contribution in [0.3, 0.4) is 0 Å². The standard InChI is InChI=1S/C11H14F3N/c12-7-8-5-9(3-1-2-4-15)11(14)10(13)6-8/h5-6H,1-4,7,15H2. The van der Waals surface area contributed by atoms with Gasteiger partial charge in [-0.1, -0.05) is 6.07 Å². The normalized spacial score (nSPS) is 10.7. The lowest BCUT2D eigenvalue weighted by Crippen LogP contribution is -2.01. The molecular formula is C11H14F3N. The first-order chi connectivity index (χ1) is 7.19. The number of aryl methyl sites for hydroxylation is 1. The highest BCUT2D eigenvalue weighted by molar-refractivity contribution is 5.26. The van der Waals surface area contributed by atoms with E-state index in [4.69, 9.17) is 5.73 Å². The van der Waals surface area contributed by atoms with E-state index in [9.17, 15) is 13.2 Å². The van der Waals surface area contributed by atoms with Gasteiger partial charge in [-0.3, -0.25) is 0 Å². The molecule has 1 aromatic carbocycles. The number of benzene rings is 1. The molecule has 0 aliphatic heterocycles. The van der Waals surface area contributed by atoms with Crippen molar-refractivity contribution in [1.82, 2.24) is 0 Å². The molecule has 0 fully saturated rings. The van der Waals surface area contributed by atoms with Crippen molar-refractivity contribution in [2.75, 3.05) is 6.54 Å². The number of rotatable bonds is 5. The Balaban J connectivity index is 2.80. The van der Waals surface area contributed by atoms with Gasteiger partial charge in [-0.2, -0.15) is 0 Å². The molecule has 1 rings (SSSR count). The van der Waals surface area contributed by atoms with Gasteiger partial charge in [-0.25, -0.2) is 13.2 Å². The summed E-state index contributed by atoms with van der Waals surface area (Å²) in [6, 6.07) is 2.26. The van der Waals surface area contributed by atoms with Crippen LogP contribution in [0.2, 0.25) is 0 Å². The largest absolute Gasteiger partial charge is 0.330 e. The van der Waals surface area contributed by atoms with Gasteiger partial charge >= 0.3 is 0 Å². The number of hydrogen-bond acceptors (Lipinski definition) is 1. The van der Waals surface area contributed by atoms with E-state index in [0.29, 0.717) is 19.4 Å². The molecular weight excluding hydrogens is 203 g/mol. The lowest BCUT2D eigenvalue weighted by atomic mass is 10.0. The van der Waals surface area contributed by atoms with E-state index in [2.05, 4.69) is 0 Å². The molecule has 2 N–H and O–H groups in total. The Hall–Kier alpha value is -1.03. The first-order valence-corrected chi connectivity index (χ1v) is 4.92. The van der Waals surface area contributed by atoms with E-state index in [0.717, 1.165) is 12.5 Å². The molecule has 4 heteroatoms. The van der Waals surface area contributed by atoms with Gasteiger partial charge in [0.1, 0.15) is 6.67 Å². The van der Waals surface area contributed by atoms with Gasteiger partial charge < -0.3 is 5.73 Å². The number of nitrogens with two attached hydrogens (primary N) is 1. The van der Waals surface area contributed by atoms with Crippen LogP contribution in [-0.4, -0.2) is 6.54 Å². The zero-order valence-corrected chi connectivity index (χ0v) is 8.40. The topological polar surface area (TPSA) is 26.0 Å². The molecule has 0 unspecified atom stereocenters. The fraction of sp³-hybridized carbons (Fsp3) is 0.455. The highest BCUT2D eigenvalue weighted by Crippen LogP contribution is 2.17. The van der Waals surface area contributed by atoms with Crippen molar-refractivity contribution < 1.29 is 13.2 Å². The Morgan fingerprint density at radius 1 is 1.13 bits per heavy atom. The number of unbranched alkanes of at least 4 members (excludes halogenated alkanes) is 1. The van der Waals surface area contributed by atoms with Crippen molar-refractivity contribution in [1.29, 1.82) is 0 Å². The zero-order chi connectivity index (χ0) is 11.3. The van der Waals surface area contributed by atoms with Crippen LogP contribution in [0.15, 0.2) is 12.1 Å². The summed E-state index contributed by atoms with van der Waals surface area (Å²) in [5.74, 6) is -1.85. The van der Waals surface area contributed by atoms with Crippen LogP contribution in [0.5, 0.6) is 0 Å². The monoisotopic (exact) mass is 217 g/mol. The summed E-state index contributed by atoms with van der Waals surface area (Å²) >= 11 is 0.